The SMILES string of the molecule is CN=C(NCCCCN1CCCC1)N1CCN(c2ccccc2O)CC1.I. The van der Waals surface area contributed by atoms with Gasteiger partial charge < -0.3 is 25.1 Å². The molecule has 0 spiro atoms. The van der Waals surface area contributed by atoms with Crippen molar-refractivity contribution in [2.75, 3.05) is 64.3 Å². The van der Waals surface area contributed by atoms with Crippen molar-refractivity contribution in [2.24, 2.45) is 4.99 Å². The monoisotopic (exact) mass is 487 g/mol. The number of anilines is 1. The van der Waals surface area contributed by atoms with Gasteiger partial charge in [0.2, 0.25) is 0 Å². The highest BCUT2D eigenvalue weighted by molar-refractivity contribution is 14.0. The highest BCUT2D eigenvalue weighted by atomic mass is 127. The maximum Gasteiger partial charge on any atom is 0.193 e. The fourth-order valence-electron chi connectivity index (χ4n) is 3.89. The number of phenols is 1. The molecule has 0 aliphatic carbocycles. The lowest BCUT2D eigenvalue weighted by molar-refractivity contribution is 0.329. The Morgan fingerprint density at radius 1 is 1.04 bits per heavy atom. The second-order valence-electron chi connectivity index (χ2n) is 7.19. The number of piperazine rings is 1. The number of hydrogen-bond acceptors (Lipinski definition) is 4. The first-order valence-electron chi connectivity index (χ1n) is 9.99. The van der Waals surface area contributed by atoms with Crippen LogP contribution in [0, 0.1) is 0 Å². The Kier molecular flexibility index (Phi) is 9.47. The number of guanidine groups is 1. The van der Waals surface area contributed by atoms with Crippen molar-refractivity contribution in [1.82, 2.24) is 15.1 Å². The molecule has 7 heteroatoms. The smallest absolute Gasteiger partial charge is 0.193 e. The van der Waals surface area contributed by atoms with Gasteiger partial charge >= 0.3 is 0 Å². The van der Waals surface area contributed by atoms with Gasteiger partial charge in [0.25, 0.3) is 0 Å². The van der Waals surface area contributed by atoms with Crippen LogP contribution in [0.4, 0.5) is 5.69 Å². The Morgan fingerprint density at radius 3 is 2.41 bits per heavy atom. The number of para-hydroxylation sites is 2. The molecule has 1 aromatic carbocycles. The number of hydrogen-bond donors (Lipinski definition) is 2. The van der Waals surface area contributed by atoms with Crippen LogP contribution in [0.3, 0.4) is 0 Å². The van der Waals surface area contributed by atoms with Gasteiger partial charge in [-0.3, -0.25) is 4.99 Å². The second-order valence-corrected chi connectivity index (χ2v) is 7.19. The number of benzene rings is 1. The summed E-state index contributed by atoms with van der Waals surface area (Å²) >= 11 is 0. The molecule has 3 rings (SSSR count). The lowest BCUT2D eigenvalue weighted by Crippen LogP contribution is -2.52. The average Bonchev–Trinajstić information content (AvgIpc) is 3.19. The number of unbranched alkanes of at least 4 members (excludes halogenated alkanes) is 1. The minimum absolute atomic E-state index is 0. The van der Waals surface area contributed by atoms with E-state index in [9.17, 15) is 5.11 Å². The third kappa shape index (κ3) is 6.41. The minimum Gasteiger partial charge on any atom is -0.506 e. The number of likely N-dealkylation sites (tertiary alicyclic amines) is 1. The molecule has 0 saturated carbocycles. The van der Waals surface area contributed by atoms with Crippen LogP contribution in [-0.2, 0) is 0 Å². The fourth-order valence-corrected chi connectivity index (χ4v) is 3.89. The summed E-state index contributed by atoms with van der Waals surface area (Å²) in [5.74, 6) is 1.37. The molecule has 0 radical (unpaired) electrons. The number of aromatic hydroxyl groups is 1. The highest BCUT2D eigenvalue weighted by Gasteiger charge is 2.21. The van der Waals surface area contributed by atoms with E-state index in [1.807, 2.05) is 25.2 Å². The van der Waals surface area contributed by atoms with E-state index in [0.29, 0.717) is 5.75 Å². The van der Waals surface area contributed by atoms with E-state index >= 15 is 0 Å². The molecule has 6 nitrogen and oxygen atoms in total. The van der Waals surface area contributed by atoms with Crippen LogP contribution in [-0.4, -0.2) is 80.3 Å². The van der Waals surface area contributed by atoms with Gasteiger partial charge in [-0.1, -0.05) is 12.1 Å². The summed E-state index contributed by atoms with van der Waals surface area (Å²) < 4.78 is 0. The summed E-state index contributed by atoms with van der Waals surface area (Å²) in [5, 5.41) is 13.6. The molecule has 2 aliphatic heterocycles. The van der Waals surface area contributed by atoms with Crippen molar-refractivity contribution in [2.45, 2.75) is 25.7 Å². The van der Waals surface area contributed by atoms with Gasteiger partial charge in [-0.05, 0) is 57.5 Å². The van der Waals surface area contributed by atoms with Crippen molar-refractivity contribution in [3.63, 3.8) is 0 Å². The zero-order valence-electron chi connectivity index (χ0n) is 16.4. The summed E-state index contributed by atoms with van der Waals surface area (Å²) in [6, 6.07) is 7.58. The van der Waals surface area contributed by atoms with Crippen molar-refractivity contribution >= 4 is 35.6 Å². The third-order valence-electron chi connectivity index (χ3n) is 5.40. The van der Waals surface area contributed by atoms with Crippen LogP contribution in [0.1, 0.15) is 25.7 Å². The normalized spacial score (nSPS) is 18.5. The van der Waals surface area contributed by atoms with E-state index in [0.717, 1.165) is 44.4 Å². The molecular formula is C20H34IN5O. The summed E-state index contributed by atoms with van der Waals surface area (Å²) in [4.78, 5) is 11.6. The van der Waals surface area contributed by atoms with Crippen LogP contribution >= 0.6 is 24.0 Å². The van der Waals surface area contributed by atoms with Crippen molar-refractivity contribution in [3.8, 4) is 5.75 Å². The number of aliphatic imine (C=N–C) groups is 1. The summed E-state index contributed by atoms with van der Waals surface area (Å²) in [7, 11) is 1.86. The second kappa shape index (κ2) is 11.6. The summed E-state index contributed by atoms with van der Waals surface area (Å²) in [5.41, 5.74) is 0.928. The molecule has 0 amide bonds. The number of rotatable bonds is 6. The molecule has 152 valence electrons. The van der Waals surface area contributed by atoms with Gasteiger partial charge in [0.05, 0.1) is 5.69 Å². The zero-order chi connectivity index (χ0) is 18.2. The Balaban J connectivity index is 0.00000261. The molecule has 0 unspecified atom stereocenters. The van der Waals surface area contributed by atoms with Gasteiger partial charge in [0, 0.05) is 39.8 Å². The number of halogens is 1. The molecular weight excluding hydrogens is 453 g/mol. The van der Waals surface area contributed by atoms with E-state index in [-0.39, 0.29) is 24.0 Å². The Morgan fingerprint density at radius 2 is 1.74 bits per heavy atom. The van der Waals surface area contributed by atoms with Crippen LogP contribution in [0.15, 0.2) is 29.3 Å². The lowest BCUT2D eigenvalue weighted by atomic mass is 10.2. The summed E-state index contributed by atoms with van der Waals surface area (Å²) in [6.45, 7) is 8.43. The van der Waals surface area contributed by atoms with Gasteiger partial charge in [0.15, 0.2) is 5.96 Å². The maximum absolute atomic E-state index is 10.0. The predicted octanol–water partition coefficient (Wildman–Crippen LogP) is 2.58. The van der Waals surface area contributed by atoms with Gasteiger partial charge in [-0.15, -0.1) is 24.0 Å². The van der Waals surface area contributed by atoms with Crippen molar-refractivity contribution in [1.29, 1.82) is 0 Å². The van der Waals surface area contributed by atoms with Crippen LogP contribution < -0.4 is 10.2 Å². The third-order valence-corrected chi connectivity index (χ3v) is 5.40. The van der Waals surface area contributed by atoms with Crippen LogP contribution in [0.25, 0.3) is 0 Å². The van der Waals surface area contributed by atoms with E-state index in [4.69, 9.17) is 0 Å². The largest absolute Gasteiger partial charge is 0.506 e. The first kappa shape index (κ1) is 22.1. The van der Waals surface area contributed by atoms with Crippen molar-refractivity contribution in [3.05, 3.63) is 24.3 Å². The minimum atomic E-state index is 0. The lowest BCUT2D eigenvalue weighted by Gasteiger charge is -2.37. The first-order valence-corrected chi connectivity index (χ1v) is 9.99. The number of nitrogens with one attached hydrogen (secondary N) is 1. The molecule has 2 heterocycles. The molecule has 0 bridgehead atoms. The molecule has 2 N–H and O–H groups in total. The molecule has 27 heavy (non-hydrogen) atoms. The van der Waals surface area contributed by atoms with E-state index in [1.54, 1.807) is 6.07 Å². The highest BCUT2D eigenvalue weighted by Crippen LogP contribution is 2.27. The number of phenolic OH excluding ortho intramolecular Hbond substituents is 1. The van der Waals surface area contributed by atoms with Gasteiger partial charge in [-0.2, -0.15) is 0 Å². The molecule has 2 fully saturated rings. The zero-order valence-corrected chi connectivity index (χ0v) is 18.8. The van der Waals surface area contributed by atoms with Crippen LogP contribution in [0.2, 0.25) is 0 Å². The first-order chi connectivity index (χ1) is 12.8. The molecule has 2 saturated heterocycles. The quantitative estimate of drug-likeness (QED) is 0.280. The van der Waals surface area contributed by atoms with E-state index < -0.39 is 0 Å². The van der Waals surface area contributed by atoms with E-state index in [1.165, 1.54) is 45.3 Å². The molecule has 1 aromatic rings. The molecule has 0 aromatic heterocycles. The fraction of sp³-hybridized carbons (Fsp3) is 0.650. The Hall–Kier alpha value is -1.22. The standard InChI is InChI=1S/C20H33N5O.HI/c1-21-20(22-10-4-5-11-23-12-6-7-13-23)25-16-14-24(15-17-25)18-8-2-3-9-19(18)26;/h2-3,8-9,26H,4-7,10-17H2,1H3,(H,21,22);1H. The molecule has 2 aliphatic rings. The topological polar surface area (TPSA) is 54.3 Å². The van der Waals surface area contributed by atoms with Gasteiger partial charge in [0.1, 0.15) is 5.75 Å². The summed E-state index contributed by atoms with van der Waals surface area (Å²) in [6.07, 6.45) is 5.19. The van der Waals surface area contributed by atoms with Crippen LogP contribution in [0.5, 0.6) is 5.75 Å². The molecule has 0 atom stereocenters. The Bertz CT molecular complexity index is 583. The maximum atomic E-state index is 10.0. The van der Waals surface area contributed by atoms with E-state index in [2.05, 4.69) is 25.0 Å². The van der Waals surface area contributed by atoms with Gasteiger partial charge in [-0.25, -0.2) is 0 Å². The number of nitrogens with zero attached hydrogens (tertiary/aromatic N) is 4. The Labute approximate surface area is 180 Å². The average molecular weight is 487 g/mol. The van der Waals surface area contributed by atoms with Crippen molar-refractivity contribution < 1.29 is 5.11 Å². The predicted molar refractivity (Wildman–Crippen MR) is 124 cm³/mol.